The summed E-state index contributed by atoms with van der Waals surface area (Å²) in [6.45, 7) is 5.26. The number of nitrogens with two attached hydrogens (primary N) is 1. The minimum Gasteiger partial charge on any atom is -0.355 e. The molecular weight excluding hydrogens is 321 g/mol. The van der Waals surface area contributed by atoms with E-state index < -0.39 is 0 Å². The zero-order chi connectivity index (χ0) is 14.4. The third-order valence-corrected chi connectivity index (χ3v) is 5.00. The van der Waals surface area contributed by atoms with E-state index in [0.29, 0.717) is 0 Å². The Bertz CT molecular complexity index is 318. The van der Waals surface area contributed by atoms with Gasteiger partial charge < -0.3 is 11.1 Å². The Morgan fingerprint density at radius 2 is 1.95 bits per heavy atom. The number of nitrogens with zero attached hydrogens (tertiary/aromatic N) is 1. The number of hydrogen-bond acceptors (Lipinski definition) is 3. The molecule has 0 bridgehead atoms. The van der Waals surface area contributed by atoms with E-state index in [4.69, 9.17) is 5.73 Å². The Kier molecular flexibility index (Phi) is 11.5. The highest BCUT2D eigenvalue weighted by molar-refractivity contribution is 5.85. The maximum absolute atomic E-state index is 12.2. The second-order valence-corrected chi connectivity index (χ2v) is 6.51. The van der Waals surface area contributed by atoms with Gasteiger partial charge in [-0.1, -0.05) is 19.8 Å². The van der Waals surface area contributed by atoms with Gasteiger partial charge in [-0.3, -0.25) is 9.69 Å². The minimum absolute atomic E-state index is 0. The molecule has 2 fully saturated rings. The first-order chi connectivity index (χ1) is 9.70. The minimum atomic E-state index is 0. The number of rotatable bonds is 5. The van der Waals surface area contributed by atoms with Gasteiger partial charge in [-0.15, -0.1) is 24.8 Å². The van der Waals surface area contributed by atoms with Gasteiger partial charge in [-0.05, 0) is 45.1 Å². The first-order valence-corrected chi connectivity index (χ1v) is 8.48. The van der Waals surface area contributed by atoms with Gasteiger partial charge in [0.25, 0.3) is 0 Å². The SMILES string of the molecule is CCC1CCCCN1CCNC(=O)C1CCCC(N)C1.Cl.Cl. The van der Waals surface area contributed by atoms with E-state index in [1.54, 1.807) is 0 Å². The van der Waals surface area contributed by atoms with Crippen molar-refractivity contribution < 1.29 is 4.79 Å². The van der Waals surface area contributed by atoms with E-state index in [1.807, 2.05) is 0 Å². The number of likely N-dealkylation sites (tertiary alicyclic amines) is 1. The van der Waals surface area contributed by atoms with Crippen LogP contribution in [-0.2, 0) is 4.79 Å². The number of hydrogen-bond donors (Lipinski definition) is 2. The lowest BCUT2D eigenvalue weighted by Gasteiger charge is -2.35. The first-order valence-electron chi connectivity index (χ1n) is 8.48. The molecule has 1 saturated carbocycles. The van der Waals surface area contributed by atoms with Crippen molar-refractivity contribution in [2.75, 3.05) is 19.6 Å². The Morgan fingerprint density at radius 1 is 1.18 bits per heavy atom. The summed E-state index contributed by atoms with van der Waals surface area (Å²) in [7, 11) is 0. The fourth-order valence-electron chi connectivity index (χ4n) is 3.75. The van der Waals surface area contributed by atoms with E-state index in [2.05, 4.69) is 17.1 Å². The lowest BCUT2D eigenvalue weighted by atomic mass is 9.85. The van der Waals surface area contributed by atoms with Crippen LogP contribution in [0.25, 0.3) is 0 Å². The van der Waals surface area contributed by atoms with E-state index in [0.717, 1.165) is 44.8 Å². The van der Waals surface area contributed by atoms with E-state index >= 15 is 0 Å². The average Bonchev–Trinajstić information content (AvgIpc) is 2.47. The molecule has 1 aliphatic carbocycles. The number of piperidine rings is 1. The normalized spacial score (nSPS) is 29.1. The maximum Gasteiger partial charge on any atom is 0.223 e. The molecule has 4 nitrogen and oxygen atoms in total. The van der Waals surface area contributed by atoms with Crippen LogP contribution in [0.3, 0.4) is 0 Å². The molecule has 0 aromatic heterocycles. The van der Waals surface area contributed by atoms with Crippen LogP contribution in [0.4, 0.5) is 0 Å². The number of amides is 1. The molecule has 1 aliphatic heterocycles. The molecule has 3 atom stereocenters. The molecule has 0 aromatic rings. The van der Waals surface area contributed by atoms with Crippen molar-refractivity contribution in [3.8, 4) is 0 Å². The number of carbonyl (C=O) groups excluding carboxylic acids is 1. The summed E-state index contributed by atoms with van der Waals surface area (Å²) >= 11 is 0. The van der Waals surface area contributed by atoms with Crippen molar-refractivity contribution in [3.05, 3.63) is 0 Å². The van der Waals surface area contributed by atoms with E-state index in [9.17, 15) is 4.79 Å². The summed E-state index contributed by atoms with van der Waals surface area (Å²) in [6.07, 6.45) is 9.28. The zero-order valence-electron chi connectivity index (χ0n) is 13.8. The van der Waals surface area contributed by atoms with E-state index in [-0.39, 0.29) is 42.7 Å². The number of halogens is 2. The number of carbonyl (C=O) groups is 1. The molecule has 1 saturated heterocycles. The van der Waals surface area contributed by atoms with Crippen molar-refractivity contribution in [1.29, 1.82) is 0 Å². The van der Waals surface area contributed by atoms with Crippen molar-refractivity contribution in [2.45, 2.75) is 70.4 Å². The molecule has 3 N–H and O–H groups in total. The topological polar surface area (TPSA) is 58.4 Å². The van der Waals surface area contributed by atoms with Crippen molar-refractivity contribution in [2.24, 2.45) is 11.7 Å². The molecule has 1 amide bonds. The molecule has 3 unspecified atom stereocenters. The molecule has 2 rings (SSSR count). The van der Waals surface area contributed by atoms with Crippen molar-refractivity contribution >= 4 is 30.7 Å². The summed E-state index contributed by atoms with van der Waals surface area (Å²) in [6, 6.07) is 0.954. The van der Waals surface area contributed by atoms with Crippen LogP contribution in [-0.4, -0.2) is 42.5 Å². The van der Waals surface area contributed by atoms with Crippen LogP contribution < -0.4 is 11.1 Å². The average molecular weight is 354 g/mol. The van der Waals surface area contributed by atoms with Crippen LogP contribution in [0.15, 0.2) is 0 Å². The van der Waals surface area contributed by atoms with Gasteiger partial charge in [0.15, 0.2) is 0 Å². The van der Waals surface area contributed by atoms with Gasteiger partial charge in [0.1, 0.15) is 0 Å². The molecule has 2 aliphatic rings. The van der Waals surface area contributed by atoms with Gasteiger partial charge in [-0.25, -0.2) is 0 Å². The fraction of sp³-hybridized carbons (Fsp3) is 0.938. The molecule has 0 radical (unpaired) electrons. The number of nitrogens with one attached hydrogen (secondary N) is 1. The molecular formula is C16H33Cl2N3O. The summed E-state index contributed by atoms with van der Waals surface area (Å²) in [5, 5.41) is 3.13. The Hall–Kier alpha value is -0.0300. The van der Waals surface area contributed by atoms with Gasteiger partial charge in [0, 0.05) is 31.1 Å². The second kappa shape index (κ2) is 11.5. The molecule has 1 heterocycles. The zero-order valence-corrected chi connectivity index (χ0v) is 15.4. The van der Waals surface area contributed by atoms with Crippen LogP contribution in [0.5, 0.6) is 0 Å². The molecule has 132 valence electrons. The smallest absolute Gasteiger partial charge is 0.223 e. The Balaban J connectivity index is 0.00000220. The van der Waals surface area contributed by atoms with Crippen LogP contribution in [0.1, 0.15) is 58.3 Å². The summed E-state index contributed by atoms with van der Waals surface area (Å²) in [5.74, 6) is 0.382. The quantitative estimate of drug-likeness (QED) is 0.798. The third kappa shape index (κ3) is 6.61. The van der Waals surface area contributed by atoms with Gasteiger partial charge in [-0.2, -0.15) is 0 Å². The fourth-order valence-corrected chi connectivity index (χ4v) is 3.75. The van der Waals surface area contributed by atoms with E-state index in [1.165, 1.54) is 32.2 Å². The van der Waals surface area contributed by atoms with Crippen LogP contribution in [0, 0.1) is 5.92 Å². The molecule has 22 heavy (non-hydrogen) atoms. The van der Waals surface area contributed by atoms with Crippen molar-refractivity contribution in [3.63, 3.8) is 0 Å². The third-order valence-electron chi connectivity index (χ3n) is 5.00. The van der Waals surface area contributed by atoms with Crippen LogP contribution >= 0.6 is 24.8 Å². The highest BCUT2D eigenvalue weighted by atomic mass is 35.5. The largest absolute Gasteiger partial charge is 0.355 e. The molecule has 0 aromatic carbocycles. The van der Waals surface area contributed by atoms with Crippen molar-refractivity contribution in [1.82, 2.24) is 10.2 Å². The van der Waals surface area contributed by atoms with Crippen LogP contribution in [0.2, 0.25) is 0 Å². The molecule has 6 heteroatoms. The Morgan fingerprint density at radius 3 is 2.64 bits per heavy atom. The van der Waals surface area contributed by atoms with Gasteiger partial charge in [0.05, 0.1) is 0 Å². The molecule has 0 spiro atoms. The van der Waals surface area contributed by atoms with Gasteiger partial charge in [0.2, 0.25) is 5.91 Å². The standard InChI is InChI=1S/C16H31N3O.2ClH/c1-2-15-8-3-4-10-19(15)11-9-18-16(20)13-6-5-7-14(17)12-13;;/h13-15H,2-12,17H2,1H3,(H,18,20);2*1H. The summed E-state index contributed by atoms with van der Waals surface area (Å²) in [4.78, 5) is 14.7. The Labute approximate surface area is 147 Å². The summed E-state index contributed by atoms with van der Waals surface area (Å²) < 4.78 is 0. The summed E-state index contributed by atoms with van der Waals surface area (Å²) in [5.41, 5.74) is 5.96. The second-order valence-electron chi connectivity index (χ2n) is 6.51. The lowest BCUT2D eigenvalue weighted by Crippen LogP contribution is -2.45. The predicted octanol–water partition coefficient (Wildman–Crippen LogP) is 2.73. The maximum atomic E-state index is 12.2. The first kappa shape index (κ1) is 22.0. The monoisotopic (exact) mass is 353 g/mol. The highest BCUT2D eigenvalue weighted by Crippen LogP contribution is 2.23. The van der Waals surface area contributed by atoms with Gasteiger partial charge >= 0.3 is 0 Å². The lowest BCUT2D eigenvalue weighted by molar-refractivity contribution is -0.126. The predicted molar refractivity (Wildman–Crippen MR) is 96.9 cm³/mol. The highest BCUT2D eigenvalue weighted by Gasteiger charge is 2.25.